The van der Waals surface area contributed by atoms with Gasteiger partial charge in [0.25, 0.3) is 0 Å². The van der Waals surface area contributed by atoms with Gasteiger partial charge in [0.1, 0.15) is 0 Å². The highest BCUT2D eigenvalue weighted by atomic mass is 35.5. The molecular formula is C17H27ClN2O4. The summed E-state index contributed by atoms with van der Waals surface area (Å²) in [7, 11) is 4.74. The molecule has 0 aliphatic carbocycles. The minimum Gasteiger partial charge on any atom is -0.493 e. The summed E-state index contributed by atoms with van der Waals surface area (Å²) in [4.78, 5) is 14.3. The molecule has 136 valence electrons. The van der Waals surface area contributed by atoms with Crippen LogP contribution in [0.3, 0.4) is 0 Å². The van der Waals surface area contributed by atoms with Crippen molar-refractivity contribution in [3.8, 4) is 17.2 Å². The molecule has 0 saturated carbocycles. The molecule has 1 unspecified atom stereocenters. The minimum absolute atomic E-state index is 0. The van der Waals surface area contributed by atoms with Crippen LogP contribution in [-0.4, -0.2) is 51.3 Å². The van der Waals surface area contributed by atoms with E-state index >= 15 is 0 Å². The van der Waals surface area contributed by atoms with Gasteiger partial charge >= 0.3 is 0 Å². The van der Waals surface area contributed by atoms with Gasteiger partial charge in [0.2, 0.25) is 11.7 Å². The first-order valence-electron chi connectivity index (χ1n) is 7.93. The van der Waals surface area contributed by atoms with Crippen molar-refractivity contribution in [2.45, 2.75) is 31.7 Å². The van der Waals surface area contributed by atoms with E-state index in [4.69, 9.17) is 19.9 Å². The first-order chi connectivity index (χ1) is 11.1. The molecule has 6 nitrogen and oxygen atoms in total. The number of methoxy groups -OCH3 is 3. The molecule has 2 rings (SSSR count). The standard InChI is InChI=1S/C17H26N2O4.ClH/c1-21-14-9-12(10-15(22-2)17(14)23-3)6-7-16(20)19-8-4-5-13(19)11-18;/h9-10,13H,4-8,11,18H2,1-3H3;1H. The Bertz CT molecular complexity index is 528. The van der Waals surface area contributed by atoms with E-state index in [0.717, 1.165) is 24.9 Å². The number of hydrogen-bond acceptors (Lipinski definition) is 5. The summed E-state index contributed by atoms with van der Waals surface area (Å²) in [6, 6.07) is 3.97. The second-order valence-corrected chi connectivity index (χ2v) is 5.65. The molecule has 1 atom stereocenters. The molecule has 2 N–H and O–H groups in total. The number of ether oxygens (including phenoxy) is 3. The van der Waals surface area contributed by atoms with Crippen LogP contribution in [0.15, 0.2) is 12.1 Å². The van der Waals surface area contributed by atoms with Gasteiger partial charge in [-0.2, -0.15) is 0 Å². The molecule has 1 aliphatic heterocycles. The molecule has 1 amide bonds. The lowest BCUT2D eigenvalue weighted by molar-refractivity contribution is -0.131. The maximum absolute atomic E-state index is 12.4. The zero-order chi connectivity index (χ0) is 16.8. The van der Waals surface area contributed by atoms with Gasteiger partial charge in [-0.1, -0.05) is 0 Å². The number of benzene rings is 1. The zero-order valence-electron chi connectivity index (χ0n) is 14.5. The number of nitrogens with two attached hydrogens (primary N) is 1. The van der Waals surface area contributed by atoms with E-state index < -0.39 is 0 Å². The highest BCUT2D eigenvalue weighted by molar-refractivity contribution is 5.85. The summed E-state index contributed by atoms with van der Waals surface area (Å²) in [5.74, 6) is 1.94. The minimum atomic E-state index is 0. The lowest BCUT2D eigenvalue weighted by atomic mass is 10.1. The molecule has 7 heteroatoms. The average Bonchev–Trinajstić information content (AvgIpc) is 3.07. The van der Waals surface area contributed by atoms with Crippen LogP contribution in [0.5, 0.6) is 17.2 Å². The Balaban J connectivity index is 0.00000288. The Morgan fingerprint density at radius 1 is 1.21 bits per heavy atom. The Morgan fingerprint density at radius 2 is 1.83 bits per heavy atom. The molecule has 1 aliphatic rings. The van der Waals surface area contributed by atoms with E-state index in [1.54, 1.807) is 21.3 Å². The normalized spacial score (nSPS) is 16.5. The van der Waals surface area contributed by atoms with Gasteiger partial charge in [0.15, 0.2) is 11.5 Å². The van der Waals surface area contributed by atoms with Gasteiger partial charge < -0.3 is 24.8 Å². The van der Waals surface area contributed by atoms with E-state index in [0.29, 0.717) is 36.6 Å². The summed E-state index contributed by atoms with van der Waals surface area (Å²) in [5, 5.41) is 0. The SMILES string of the molecule is COc1cc(CCC(=O)N2CCCC2CN)cc(OC)c1OC.Cl. The molecule has 1 aromatic rings. The van der Waals surface area contributed by atoms with Crippen molar-refractivity contribution in [3.05, 3.63) is 17.7 Å². The largest absolute Gasteiger partial charge is 0.493 e. The van der Waals surface area contributed by atoms with Crippen molar-refractivity contribution < 1.29 is 19.0 Å². The monoisotopic (exact) mass is 358 g/mol. The number of amides is 1. The van der Waals surface area contributed by atoms with Crippen LogP contribution in [0.1, 0.15) is 24.8 Å². The third kappa shape index (κ3) is 4.45. The van der Waals surface area contributed by atoms with E-state index in [2.05, 4.69) is 0 Å². The zero-order valence-corrected chi connectivity index (χ0v) is 15.4. The highest BCUT2D eigenvalue weighted by Gasteiger charge is 2.27. The summed E-state index contributed by atoms with van der Waals surface area (Å²) >= 11 is 0. The first kappa shape index (κ1) is 20.4. The number of likely N-dealkylation sites (tertiary alicyclic amines) is 1. The van der Waals surface area contributed by atoms with Crippen molar-refractivity contribution in [2.75, 3.05) is 34.4 Å². The van der Waals surface area contributed by atoms with Gasteiger partial charge in [-0.3, -0.25) is 4.79 Å². The summed E-state index contributed by atoms with van der Waals surface area (Å²) in [6.07, 6.45) is 3.13. The van der Waals surface area contributed by atoms with Crippen molar-refractivity contribution >= 4 is 18.3 Å². The van der Waals surface area contributed by atoms with Gasteiger partial charge in [-0.25, -0.2) is 0 Å². The second kappa shape index (κ2) is 9.59. The van der Waals surface area contributed by atoms with E-state index in [1.807, 2.05) is 17.0 Å². The molecular weight excluding hydrogens is 332 g/mol. The van der Waals surface area contributed by atoms with Crippen molar-refractivity contribution in [1.29, 1.82) is 0 Å². The predicted octanol–water partition coefficient (Wildman–Crippen LogP) is 2.02. The van der Waals surface area contributed by atoms with Crippen LogP contribution >= 0.6 is 12.4 Å². The summed E-state index contributed by atoms with van der Waals surface area (Å²) in [5.41, 5.74) is 6.72. The van der Waals surface area contributed by atoms with Gasteiger partial charge in [-0.15, -0.1) is 12.4 Å². The fourth-order valence-corrected chi connectivity index (χ4v) is 3.08. The van der Waals surface area contributed by atoms with Crippen LogP contribution in [0.4, 0.5) is 0 Å². The van der Waals surface area contributed by atoms with Crippen LogP contribution in [-0.2, 0) is 11.2 Å². The van der Waals surface area contributed by atoms with E-state index in [1.165, 1.54) is 0 Å². The third-order valence-corrected chi connectivity index (χ3v) is 4.32. The maximum atomic E-state index is 12.4. The van der Waals surface area contributed by atoms with Crippen molar-refractivity contribution in [2.24, 2.45) is 5.73 Å². The first-order valence-corrected chi connectivity index (χ1v) is 7.93. The summed E-state index contributed by atoms with van der Waals surface area (Å²) < 4.78 is 16.0. The number of carbonyl (C=O) groups is 1. The Kier molecular flexibility index (Phi) is 8.15. The van der Waals surface area contributed by atoms with E-state index in [-0.39, 0.29) is 24.4 Å². The molecule has 0 radical (unpaired) electrons. The lowest BCUT2D eigenvalue weighted by Gasteiger charge is -2.23. The van der Waals surface area contributed by atoms with Crippen LogP contribution in [0.2, 0.25) is 0 Å². The Morgan fingerprint density at radius 3 is 2.33 bits per heavy atom. The topological polar surface area (TPSA) is 74.0 Å². The molecule has 24 heavy (non-hydrogen) atoms. The van der Waals surface area contributed by atoms with Crippen LogP contribution in [0, 0.1) is 0 Å². The fraction of sp³-hybridized carbons (Fsp3) is 0.588. The second-order valence-electron chi connectivity index (χ2n) is 5.65. The number of rotatable bonds is 7. The fourth-order valence-electron chi connectivity index (χ4n) is 3.08. The number of hydrogen-bond donors (Lipinski definition) is 1. The van der Waals surface area contributed by atoms with Crippen molar-refractivity contribution in [1.82, 2.24) is 4.90 Å². The lowest BCUT2D eigenvalue weighted by Crippen LogP contribution is -2.39. The van der Waals surface area contributed by atoms with Crippen LogP contribution < -0.4 is 19.9 Å². The molecule has 0 spiro atoms. The Labute approximate surface area is 149 Å². The quantitative estimate of drug-likeness (QED) is 0.807. The molecule has 0 aromatic heterocycles. The van der Waals surface area contributed by atoms with Gasteiger partial charge in [0, 0.05) is 25.6 Å². The molecule has 0 bridgehead atoms. The Hall–Kier alpha value is -1.66. The average molecular weight is 359 g/mol. The molecule has 1 aromatic carbocycles. The molecule has 1 saturated heterocycles. The number of halogens is 1. The number of aryl methyl sites for hydroxylation is 1. The number of nitrogens with zero attached hydrogens (tertiary/aromatic N) is 1. The van der Waals surface area contributed by atoms with Crippen LogP contribution in [0.25, 0.3) is 0 Å². The van der Waals surface area contributed by atoms with Gasteiger partial charge in [0.05, 0.1) is 21.3 Å². The molecule has 1 fully saturated rings. The van der Waals surface area contributed by atoms with Crippen molar-refractivity contribution in [3.63, 3.8) is 0 Å². The smallest absolute Gasteiger partial charge is 0.223 e. The predicted molar refractivity (Wildman–Crippen MR) is 95.5 cm³/mol. The van der Waals surface area contributed by atoms with Gasteiger partial charge in [-0.05, 0) is 37.0 Å². The number of carbonyl (C=O) groups excluding carboxylic acids is 1. The third-order valence-electron chi connectivity index (χ3n) is 4.32. The highest BCUT2D eigenvalue weighted by Crippen LogP contribution is 2.38. The van der Waals surface area contributed by atoms with E-state index in [9.17, 15) is 4.79 Å². The summed E-state index contributed by atoms with van der Waals surface area (Å²) in [6.45, 7) is 1.35. The molecule has 1 heterocycles. The maximum Gasteiger partial charge on any atom is 0.223 e.